The number of nitrogens with one attached hydrogen (secondary N) is 2. The molecular weight excluding hydrogens is 380 g/mol. The Balaban J connectivity index is 1.87. The Morgan fingerprint density at radius 2 is 1.78 bits per heavy atom. The molecule has 0 aliphatic rings. The first-order valence-corrected chi connectivity index (χ1v) is 7.83. The van der Waals surface area contributed by atoms with E-state index in [9.17, 15) is 9.59 Å². The highest BCUT2D eigenvalue weighted by molar-refractivity contribution is 9.10. The van der Waals surface area contributed by atoms with Gasteiger partial charge in [-0.3, -0.25) is 10.1 Å². The van der Waals surface area contributed by atoms with Gasteiger partial charge in [-0.15, -0.1) is 0 Å². The van der Waals surface area contributed by atoms with Crippen molar-refractivity contribution in [2.24, 2.45) is 0 Å². The predicted octanol–water partition coefficient (Wildman–Crippen LogP) is 2.95. The van der Waals surface area contributed by atoms with Crippen LogP contribution in [0.15, 0.2) is 53.0 Å². The Morgan fingerprint density at radius 1 is 1.09 bits per heavy atom. The van der Waals surface area contributed by atoms with E-state index < -0.39 is 5.97 Å². The van der Waals surface area contributed by atoms with Crippen LogP contribution in [0, 0.1) is 0 Å². The number of amides is 1. The smallest absolute Gasteiger partial charge is 0.335 e. The van der Waals surface area contributed by atoms with Crippen LogP contribution in [-0.2, 0) is 6.54 Å². The van der Waals surface area contributed by atoms with Crippen LogP contribution in [0.4, 0.5) is 0 Å². The molecule has 0 heterocycles. The molecule has 2 aromatic rings. The van der Waals surface area contributed by atoms with E-state index in [1.54, 1.807) is 30.3 Å². The van der Waals surface area contributed by atoms with E-state index in [-0.39, 0.29) is 16.6 Å². The largest absolute Gasteiger partial charge is 0.478 e. The third kappa shape index (κ3) is 5.15. The number of carbonyl (C=O) groups excluding carboxylic acids is 1. The zero-order valence-electron chi connectivity index (χ0n) is 11.9. The molecule has 0 saturated carbocycles. The van der Waals surface area contributed by atoms with Gasteiger partial charge in [0.1, 0.15) is 0 Å². The highest BCUT2D eigenvalue weighted by atomic mass is 79.9. The summed E-state index contributed by atoms with van der Waals surface area (Å²) in [6.07, 6.45) is 0. The fourth-order valence-corrected chi connectivity index (χ4v) is 2.36. The lowest BCUT2D eigenvalue weighted by Gasteiger charge is -2.10. The number of rotatable bonds is 4. The topological polar surface area (TPSA) is 78.4 Å². The first kappa shape index (κ1) is 17.1. The normalized spacial score (nSPS) is 9.96. The maximum atomic E-state index is 12.0. The van der Waals surface area contributed by atoms with E-state index in [1.165, 1.54) is 12.1 Å². The van der Waals surface area contributed by atoms with Crippen LogP contribution >= 0.6 is 28.1 Å². The SMILES string of the molecule is O=C(O)c1ccc(CNC(=S)NC(=O)c2cccc(Br)c2)cc1. The van der Waals surface area contributed by atoms with Gasteiger partial charge in [0.05, 0.1) is 5.56 Å². The van der Waals surface area contributed by atoms with Gasteiger partial charge in [0, 0.05) is 16.6 Å². The highest BCUT2D eigenvalue weighted by Crippen LogP contribution is 2.11. The molecule has 118 valence electrons. The lowest BCUT2D eigenvalue weighted by atomic mass is 10.1. The van der Waals surface area contributed by atoms with Crippen molar-refractivity contribution in [3.05, 3.63) is 69.7 Å². The monoisotopic (exact) mass is 392 g/mol. The molecular formula is C16H13BrN2O3S. The molecule has 0 bridgehead atoms. The minimum absolute atomic E-state index is 0.206. The second-order valence-corrected chi connectivity index (χ2v) is 5.97. The molecule has 0 radical (unpaired) electrons. The summed E-state index contributed by atoms with van der Waals surface area (Å²) in [6.45, 7) is 0.386. The molecule has 3 N–H and O–H groups in total. The van der Waals surface area contributed by atoms with Crippen LogP contribution in [0.25, 0.3) is 0 Å². The van der Waals surface area contributed by atoms with Crippen LogP contribution in [0.5, 0.6) is 0 Å². The van der Waals surface area contributed by atoms with Gasteiger partial charge in [-0.1, -0.05) is 34.1 Å². The van der Waals surface area contributed by atoms with E-state index in [4.69, 9.17) is 17.3 Å². The standard InChI is InChI=1S/C16H13BrN2O3S/c17-13-3-1-2-12(8-13)14(20)19-16(23)18-9-10-4-6-11(7-5-10)15(21)22/h1-8H,9H2,(H,21,22)(H2,18,19,20,23). The number of halogens is 1. The number of carboxylic acids is 1. The minimum Gasteiger partial charge on any atom is -0.478 e. The van der Waals surface area contributed by atoms with Crippen molar-refractivity contribution in [3.8, 4) is 0 Å². The minimum atomic E-state index is -0.971. The van der Waals surface area contributed by atoms with E-state index in [0.717, 1.165) is 10.0 Å². The van der Waals surface area contributed by atoms with Crippen molar-refractivity contribution in [1.29, 1.82) is 0 Å². The van der Waals surface area contributed by atoms with E-state index in [2.05, 4.69) is 26.6 Å². The first-order chi connectivity index (χ1) is 11.0. The summed E-state index contributed by atoms with van der Waals surface area (Å²) in [4.78, 5) is 22.8. The summed E-state index contributed by atoms with van der Waals surface area (Å²) in [5.74, 6) is -1.27. The molecule has 2 rings (SSSR count). The number of benzene rings is 2. The zero-order chi connectivity index (χ0) is 16.8. The van der Waals surface area contributed by atoms with Gasteiger partial charge in [0.25, 0.3) is 5.91 Å². The van der Waals surface area contributed by atoms with Crippen LogP contribution in [0.1, 0.15) is 26.3 Å². The molecule has 0 unspecified atom stereocenters. The zero-order valence-corrected chi connectivity index (χ0v) is 14.3. The summed E-state index contributed by atoms with van der Waals surface area (Å²) in [6, 6.07) is 13.4. The fraction of sp³-hybridized carbons (Fsp3) is 0.0625. The van der Waals surface area contributed by atoms with Crippen molar-refractivity contribution in [1.82, 2.24) is 10.6 Å². The van der Waals surface area contributed by atoms with Crippen molar-refractivity contribution in [3.63, 3.8) is 0 Å². The van der Waals surface area contributed by atoms with Crippen LogP contribution in [-0.4, -0.2) is 22.1 Å². The summed E-state index contributed by atoms with van der Waals surface area (Å²) < 4.78 is 0.808. The lowest BCUT2D eigenvalue weighted by Crippen LogP contribution is -2.38. The van der Waals surface area contributed by atoms with Gasteiger partial charge in [0.15, 0.2) is 5.11 Å². The Labute approximate surface area is 146 Å². The molecule has 1 amide bonds. The summed E-state index contributed by atoms with van der Waals surface area (Å²) in [7, 11) is 0. The number of carboxylic acid groups (broad SMARTS) is 1. The Kier molecular flexibility index (Phi) is 5.84. The van der Waals surface area contributed by atoms with Gasteiger partial charge in [-0.25, -0.2) is 4.79 Å². The number of thiocarbonyl (C=S) groups is 1. The molecule has 0 aliphatic carbocycles. The van der Waals surface area contributed by atoms with E-state index >= 15 is 0 Å². The van der Waals surface area contributed by atoms with Crippen molar-refractivity contribution >= 4 is 45.1 Å². The average Bonchev–Trinajstić information content (AvgIpc) is 2.53. The fourth-order valence-electron chi connectivity index (χ4n) is 1.80. The molecule has 7 heteroatoms. The van der Waals surface area contributed by atoms with Gasteiger partial charge in [-0.05, 0) is 48.1 Å². The third-order valence-corrected chi connectivity index (χ3v) is 3.71. The summed E-state index contributed by atoms with van der Waals surface area (Å²) in [5, 5.41) is 14.5. The van der Waals surface area contributed by atoms with Crippen molar-refractivity contribution in [2.75, 3.05) is 0 Å². The van der Waals surface area contributed by atoms with Crippen LogP contribution in [0.2, 0.25) is 0 Å². The first-order valence-electron chi connectivity index (χ1n) is 6.62. The predicted molar refractivity (Wildman–Crippen MR) is 94.4 cm³/mol. The van der Waals surface area contributed by atoms with Crippen LogP contribution in [0.3, 0.4) is 0 Å². The van der Waals surface area contributed by atoms with Gasteiger partial charge in [0.2, 0.25) is 0 Å². The second kappa shape index (κ2) is 7.85. The number of hydrogen-bond acceptors (Lipinski definition) is 3. The van der Waals surface area contributed by atoms with E-state index in [1.807, 2.05) is 6.07 Å². The van der Waals surface area contributed by atoms with Gasteiger partial charge < -0.3 is 10.4 Å². The van der Waals surface area contributed by atoms with Gasteiger partial charge in [-0.2, -0.15) is 0 Å². The number of aromatic carboxylic acids is 1. The third-order valence-electron chi connectivity index (χ3n) is 2.97. The van der Waals surface area contributed by atoms with Crippen LogP contribution < -0.4 is 10.6 Å². The number of carbonyl (C=O) groups is 2. The molecule has 5 nitrogen and oxygen atoms in total. The number of hydrogen-bond donors (Lipinski definition) is 3. The quantitative estimate of drug-likeness (QED) is 0.697. The molecule has 0 spiro atoms. The van der Waals surface area contributed by atoms with E-state index in [0.29, 0.717) is 12.1 Å². The average molecular weight is 393 g/mol. The summed E-state index contributed by atoms with van der Waals surface area (Å²) >= 11 is 8.38. The maximum absolute atomic E-state index is 12.0. The highest BCUT2D eigenvalue weighted by Gasteiger charge is 2.08. The maximum Gasteiger partial charge on any atom is 0.335 e. The van der Waals surface area contributed by atoms with Crippen molar-refractivity contribution in [2.45, 2.75) is 6.54 Å². The molecule has 0 fully saturated rings. The molecule has 0 saturated heterocycles. The Morgan fingerprint density at radius 3 is 2.39 bits per heavy atom. The second-order valence-electron chi connectivity index (χ2n) is 4.65. The summed E-state index contributed by atoms with van der Waals surface area (Å²) in [5.41, 5.74) is 1.57. The lowest BCUT2D eigenvalue weighted by molar-refractivity contribution is 0.0696. The molecule has 0 aliphatic heterocycles. The van der Waals surface area contributed by atoms with Gasteiger partial charge >= 0.3 is 5.97 Å². The Bertz CT molecular complexity index is 747. The molecule has 2 aromatic carbocycles. The van der Waals surface area contributed by atoms with Crippen molar-refractivity contribution < 1.29 is 14.7 Å². The molecule has 23 heavy (non-hydrogen) atoms. The molecule has 0 aromatic heterocycles. The Hall–Kier alpha value is -2.25. The molecule has 0 atom stereocenters.